The van der Waals surface area contributed by atoms with Crippen LogP contribution in [0.25, 0.3) is 0 Å². The molecular weight excluding hydrogens is 354 g/mol. The van der Waals surface area contributed by atoms with Gasteiger partial charge in [0.15, 0.2) is 9.84 Å². The molecule has 3 rings (SSSR count). The van der Waals surface area contributed by atoms with Crippen molar-refractivity contribution in [1.82, 2.24) is 0 Å². The van der Waals surface area contributed by atoms with Gasteiger partial charge in [-0.3, -0.25) is 4.79 Å². The number of carbonyl (C=O) groups is 2. The first kappa shape index (κ1) is 18.1. The standard InChI is InChI=1S/C19H19NO5S/c1-26(24,25)16-10-14(19(22)23)9-15(11-16)20-18(21)17(13-7-8-13)12-5-3-2-4-6-12/h2-6,9-11,13,17H,7-8H2,1H3,(H,20,21)(H,22,23). The summed E-state index contributed by atoms with van der Waals surface area (Å²) in [4.78, 5) is 24.0. The van der Waals surface area contributed by atoms with E-state index >= 15 is 0 Å². The Morgan fingerprint density at radius 2 is 1.77 bits per heavy atom. The number of benzene rings is 2. The number of carbonyl (C=O) groups excluding carboxylic acids is 1. The molecule has 2 aromatic carbocycles. The Bertz CT molecular complexity index is 949. The van der Waals surface area contributed by atoms with Gasteiger partial charge in [-0.1, -0.05) is 30.3 Å². The number of anilines is 1. The van der Waals surface area contributed by atoms with Crippen molar-refractivity contribution in [3.8, 4) is 0 Å². The van der Waals surface area contributed by atoms with Gasteiger partial charge in [-0.25, -0.2) is 13.2 Å². The van der Waals surface area contributed by atoms with E-state index in [0.717, 1.165) is 30.7 Å². The number of amides is 1. The van der Waals surface area contributed by atoms with Crippen molar-refractivity contribution in [2.45, 2.75) is 23.7 Å². The topological polar surface area (TPSA) is 101 Å². The third-order valence-corrected chi connectivity index (χ3v) is 5.48. The molecule has 1 aliphatic carbocycles. The Balaban J connectivity index is 1.93. The molecule has 0 aliphatic heterocycles. The second-order valence-corrected chi connectivity index (χ2v) is 8.55. The molecule has 1 amide bonds. The molecule has 136 valence electrons. The molecule has 1 atom stereocenters. The highest BCUT2D eigenvalue weighted by Crippen LogP contribution is 2.43. The van der Waals surface area contributed by atoms with Crippen LogP contribution in [0.1, 0.15) is 34.7 Å². The average molecular weight is 373 g/mol. The van der Waals surface area contributed by atoms with Crippen LogP contribution >= 0.6 is 0 Å². The molecule has 2 N–H and O–H groups in total. The van der Waals surface area contributed by atoms with Crippen LogP contribution in [0, 0.1) is 5.92 Å². The molecule has 0 saturated heterocycles. The lowest BCUT2D eigenvalue weighted by Crippen LogP contribution is -2.23. The van der Waals surface area contributed by atoms with E-state index in [1.54, 1.807) is 0 Å². The van der Waals surface area contributed by atoms with E-state index in [1.807, 2.05) is 30.3 Å². The first-order valence-corrected chi connectivity index (χ1v) is 10.1. The lowest BCUT2D eigenvalue weighted by molar-refractivity contribution is -0.118. The maximum absolute atomic E-state index is 12.8. The van der Waals surface area contributed by atoms with E-state index in [9.17, 15) is 23.1 Å². The van der Waals surface area contributed by atoms with Crippen LogP contribution in [0.3, 0.4) is 0 Å². The molecule has 0 bridgehead atoms. The fourth-order valence-corrected chi connectivity index (χ4v) is 3.64. The molecule has 2 aromatic rings. The predicted molar refractivity (Wildman–Crippen MR) is 97.0 cm³/mol. The van der Waals surface area contributed by atoms with Crippen LogP contribution in [-0.4, -0.2) is 31.7 Å². The van der Waals surface area contributed by atoms with Gasteiger partial charge in [-0.05, 0) is 42.5 Å². The van der Waals surface area contributed by atoms with Crippen molar-refractivity contribution in [1.29, 1.82) is 0 Å². The van der Waals surface area contributed by atoms with E-state index in [1.165, 1.54) is 12.1 Å². The first-order chi connectivity index (χ1) is 12.3. The maximum Gasteiger partial charge on any atom is 0.335 e. The van der Waals surface area contributed by atoms with E-state index in [-0.39, 0.29) is 33.9 Å². The number of nitrogens with one attached hydrogen (secondary N) is 1. The van der Waals surface area contributed by atoms with Crippen LogP contribution in [-0.2, 0) is 14.6 Å². The highest BCUT2D eigenvalue weighted by Gasteiger charge is 2.37. The van der Waals surface area contributed by atoms with Gasteiger partial charge < -0.3 is 10.4 Å². The molecule has 6 nitrogen and oxygen atoms in total. The van der Waals surface area contributed by atoms with Gasteiger partial charge in [0, 0.05) is 11.9 Å². The number of aromatic carboxylic acids is 1. The number of sulfone groups is 1. The van der Waals surface area contributed by atoms with E-state index in [4.69, 9.17) is 0 Å². The molecule has 7 heteroatoms. The predicted octanol–water partition coefficient (Wildman–Crippen LogP) is 2.92. The lowest BCUT2D eigenvalue weighted by atomic mass is 9.93. The SMILES string of the molecule is CS(=O)(=O)c1cc(NC(=O)C(c2ccccc2)C2CC2)cc(C(=O)O)c1. The summed E-state index contributed by atoms with van der Waals surface area (Å²) in [6.45, 7) is 0. The normalized spacial score (nSPS) is 15.3. The Kier molecular flexibility index (Phi) is 4.82. The van der Waals surface area contributed by atoms with Gasteiger partial charge >= 0.3 is 5.97 Å². The van der Waals surface area contributed by atoms with Crippen molar-refractivity contribution in [3.05, 3.63) is 59.7 Å². The quantitative estimate of drug-likeness (QED) is 0.811. The zero-order valence-corrected chi connectivity index (χ0v) is 15.0. The summed E-state index contributed by atoms with van der Waals surface area (Å²) < 4.78 is 23.6. The second-order valence-electron chi connectivity index (χ2n) is 6.54. The van der Waals surface area contributed by atoms with Gasteiger partial charge in [0.05, 0.1) is 16.4 Å². The van der Waals surface area contributed by atoms with Gasteiger partial charge in [0.25, 0.3) is 0 Å². The monoisotopic (exact) mass is 373 g/mol. The molecular formula is C19H19NO5S. The zero-order valence-electron chi connectivity index (χ0n) is 14.2. The molecule has 0 spiro atoms. The molecule has 0 aromatic heterocycles. The fraction of sp³-hybridized carbons (Fsp3) is 0.263. The van der Waals surface area contributed by atoms with Gasteiger partial charge in [-0.15, -0.1) is 0 Å². The van der Waals surface area contributed by atoms with Crippen LogP contribution < -0.4 is 5.32 Å². The summed E-state index contributed by atoms with van der Waals surface area (Å²) in [7, 11) is -3.61. The minimum Gasteiger partial charge on any atom is -0.478 e. The number of hydrogen-bond acceptors (Lipinski definition) is 4. The summed E-state index contributed by atoms with van der Waals surface area (Å²) in [6, 6.07) is 13.0. The van der Waals surface area contributed by atoms with E-state index < -0.39 is 15.8 Å². The Morgan fingerprint density at radius 1 is 1.12 bits per heavy atom. The molecule has 1 saturated carbocycles. The van der Waals surface area contributed by atoms with Crippen LogP contribution in [0.2, 0.25) is 0 Å². The van der Waals surface area contributed by atoms with Crippen LogP contribution in [0.15, 0.2) is 53.4 Å². The Labute approximate surface area is 151 Å². The summed E-state index contributed by atoms with van der Waals surface area (Å²) in [5.74, 6) is -1.62. The molecule has 0 heterocycles. The molecule has 1 unspecified atom stereocenters. The number of carboxylic acids is 1. The third-order valence-electron chi connectivity index (χ3n) is 4.38. The number of carboxylic acid groups (broad SMARTS) is 1. The molecule has 1 fully saturated rings. The zero-order chi connectivity index (χ0) is 18.9. The fourth-order valence-electron chi connectivity index (χ4n) is 2.96. The molecule has 26 heavy (non-hydrogen) atoms. The lowest BCUT2D eigenvalue weighted by Gasteiger charge is -2.17. The molecule has 1 aliphatic rings. The van der Waals surface area contributed by atoms with Crippen molar-refractivity contribution in [3.63, 3.8) is 0 Å². The summed E-state index contributed by atoms with van der Waals surface area (Å²) in [5.41, 5.74) is 0.869. The van der Waals surface area contributed by atoms with Crippen molar-refractivity contribution >= 4 is 27.4 Å². The molecule has 0 radical (unpaired) electrons. The average Bonchev–Trinajstić information content (AvgIpc) is 3.39. The number of rotatable bonds is 6. The number of hydrogen-bond donors (Lipinski definition) is 2. The van der Waals surface area contributed by atoms with Gasteiger partial charge in [0.2, 0.25) is 5.91 Å². The van der Waals surface area contributed by atoms with E-state index in [2.05, 4.69) is 5.32 Å². The minimum absolute atomic E-state index is 0.143. The summed E-state index contributed by atoms with van der Waals surface area (Å²) in [6.07, 6.45) is 2.91. The Morgan fingerprint density at radius 3 is 2.31 bits per heavy atom. The smallest absolute Gasteiger partial charge is 0.335 e. The highest BCUT2D eigenvalue weighted by molar-refractivity contribution is 7.90. The third kappa shape index (κ3) is 4.11. The van der Waals surface area contributed by atoms with Crippen LogP contribution in [0.4, 0.5) is 5.69 Å². The van der Waals surface area contributed by atoms with Gasteiger partial charge in [0.1, 0.15) is 0 Å². The highest BCUT2D eigenvalue weighted by atomic mass is 32.2. The minimum atomic E-state index is -3.61. The first-order valence-electron chi connectivity index (χ1n) is 8.20. The maximum atomic E-state index is 12.8. The van der Waals surface area contributed by atoms with Gasteiger partial charge in [-0.2, -0.15) is 0 Å². The second kappa shape index (κ2) is 6.92. The van der Waals surface area contributed by atoms with Crippen molar-refractivity contribution in [2.75, 3.05) is 11.6 Å². The van der Waals surface area contributed by atoms with E-state index in [0.29, 0.717) is 0 Å². The summed E-state index contributed by atoms with van der Waals surface area (Å²) >= 11 is 0. The largest absolute Gasteiger partial charge is 0.478 e. The van der Waals surface area contributed by atoms with Crippen molar-refractivity contribution in [2.24, 2.45) is 5.92 Å². The van der Waals surface area contributed by atoms with Crippen LogP contribution in [0.5, 0.6) is 0 Å². The Hall–Kier alpha value is -2.67. The summed E-state index contributed by atoms with van der Waals surface area (Å²) in [5, 5.41) is 11.9. The van der Waals surface area contributed by atoms with Crippen molar-refractivity contribution < 1.29 is 23.1 Å².